The van der Waals surface area contributed by atoms with Crippen molar-refractivity contribution in [2.45, 2.75) is 7.43 Å². The van der Waals surface area contributed by atoms with Gasteiger partial charge in [-0.3, -0.25) is 0 Å². The predicted molar refractivity (Wildman–Crippen MR) is 37.9 cm³/mol. The number of rotatable bonds is 0. The van der Waals surface area contributed by atoms with Crippen molar-refractivity contribution >= 4 is 37.2 Å². The topological polar surface area (TPSA) is 58.9 Å². The van der Waals surface area contributed by atoms with Gasteiger partial charge in [-0.15, -0.1) is 0 Å². The fraction of sp³-hybridized carbons (Fsp3) is 1.00. The third-order valence-corrected chi connectivity index (χ3v) is 0. The first-order valence-electron chi connectivity index (χ1n) is 1.01. The van der Waals surface area contributed by atoms with Crippen LogP contribution in [-0.2, 0) is 32.6 Å². The Hall–Kier alpha value is 2.35. The summed E-state index contributed by atoms with van der Waals surface area (Å²) in [5, 5.41) is 0. The number of hydrogen-bond donors (Lipinski definition) is 2. The van der Waals surface area contributed by atoms with E-state index in [2.05, 4.69) is 0 Å². The molecule has 0 aromatic carbocycles. The third-order valence-electron chi connectivity index (χ3n) is 0. The van der Waals surface area contributed by atoms with E-state index in [9.17, 15) is 0 Å². The van der Waals surface area contributed by atoms with E-state index in [0.29, 0.717) is 0 Å². The van der Waals surface area contributed by atoms with Gasteiger partial charge in [0, 0.05) is 0 Å². The summed E-state index contributed by atoms with van der Waals surface area (Å²) in [6.07, 6.45) is 0. The van der Waals surface area contributed by atoms with E-state index >= 15 is 0 Å². The van der Waals surface area contributed by atoms with Crippen LogP contribution in [0.5, 0.6) is 0 Å². The molecule has 0 aliphatic heterocycles. The SMILES string of the molecule is C.N.[Cl][Ti]([Cl])([Cl])[Cl].[NH]=[Ti]. The van der Waals surface area contributed by atoms with E-state index in [1.807, 2.05) is 0 Å². The second-order valence-corrected chi connectivity index (χ2v) is 15.9. The van der Waals surface area contributed by atoms with Gasteiger partial charge < -0.3 is 6.15 Å². The Morgan fingerprint density at radius 2 is 1.00 bits per heavy atom. The van der Waals surface area contributed by atoms with Gasteiger partial charge in [0.25, 0.3) is 0 Å². The zero-order valence-corrected chi connectivity index (χ0v) is 9.87. The molecule has 9 heavy (non-hydrogen) atoms. The Bertz CT molecular complexity index is 40.3. The van der Waals surface area contributed by atoms with Crippen LogP contribution < -0.4 is 6.15 Å². The Balaban J connectivity index is -0.0000000286. The molecule has 0 rings (SSSR count). The van der Waals surface area contributed by atoms with E-state index in [1.165, 1.54) is 20.3 Å². The second-order valence-electron chi connectivity index (χ2n) is 0.429. The van der Waals surface area contributed by atoms with Gasteiger partial charge in [-0.2, -0.15) is 0 Å². The van der Waals surface area contributed by atoms with Gasteiger partial charge in [0.2, 0.25) is 0 Å². The molecule has 8 heteroatoms. The van der Waals surface area contributed by atoms with E-state index in [0.717, 1.165) is 0 Å². The van der Waals surface area contributed by atoms with Crippen LogP contribution in [0.15, 0.2) is 0 Å². The molecule has 0 heterocycles. The molecule has 0 saturated heterocycles. The van der Waals surface area contributed by atoms with Gasteiger partial charge in [0.05, 0.1) is 0 Å². The molecule has 0 atom stereocenters. The fourth-order valence-electron chi connectivity index (χ4n) is 0. The number of hydrogen-bond acceptors (Lipinski definition) is 2. The maximum absolute atomic E-state index is 5.75. The molecular formula is CH8Cl4N2Ti2. The van der Waals surface area contributed by atoms with Gasteiger partial charge in [0.1, 0.15) is 0 Å². The molecule has 0 bridgehead atoms. The van der Waals surface area contributed by atoms with Gasteiger partial charge >= 0.3 is 73.7 Å². The molecule has 0 aliphatic rings. The molecule has 0 radical (unpaired) electrons. The van der Waals surface area contributed by atoms with Crippen molar-refractivity contribution in [2.75, 3.05) is 0 Å². The molecule has 0 spiro atoms. The predicted octanol–water partition coefficient (Wildman–Crippen LogP) is 3.85. The standard InChI is InChI=1S/CH4.4ClH.H3N.HN.2Ti/h1H4;4*1H;1H3;1H;;/q;;;;;;;;+4/p-4. The van der Waals surface area contributed by atoms with Crippen molar-refractivity contribution in [2.24, 2.45) is 0 Å². The quantitative estimate of drug-likeness (QED) is 0.653. The molecule has 0 amide bonds. The monoisotopic (exact) mass is 284 g/mol. The van der Waals surface area contributed by atoms with Crippen LogP contribution in [0.3, 0.4) is 0 Å². The molecule has 0 aromatic heterocycles. The summed E-state index contributed by atoms with van der Waals surface area (Å²) in [5.41, 5.74) is 0. The van der Waals surface area contributed by atoms with Crippen molar-refractivity contribution < 1.29 is 32.6 Å². The summed E-state index contributed by atoms with van der Waals surface area (Å²) < 4.78 is 5.75. The minimum atomic E-state index is -3.11. The molecule has 2 nitrogen and oxygen atoms in total. The van der Waals surface area contributed by atoms with E-state index in [4.69, 9.17) is 41.1 Å². The zero-order chi connectivity index (χ0) is 6.50. The Morgan fingerprint density at radius 3 is 1.00 bits per heavy atom. The first-order chi connectivity index (χ1) is 3.00. The van der Waals surface area contributed by atoms with E-state index in [-0.39, 0.29) is 13.6 Å². The van der Waals surface area contributed by atoms with Crippen LogP contribution in [-0.4, -0.2) is 0 Å². The van der Waals surface area contributed by atoms with Crippen molar-refractivity contribution in [3.63, 3.8) is 0 Å². The van der Waals surface area contributed by atoms with Gasteiger partial charge in [0.15, 0.2) is 0 Å². The van der Waals surface area contributed by atoms with Crippen molar-refractivity contribution in [1.29, 1.82) is 3.83 Å². The second kappa shape index (κ2) is 13.0. The molecule has 0 aliphatic carbocycles. The van der Waals surface area contributed by atoms with E-state index in [1.54, 1.807) is 0 Å². The van der Waals surface area contributed by atoms with Crippen LogP contribution in [0.2, 0.25) is 0 Å². The van der Waals surface area contributed by atoms with Crippen LogP contribution in [0, 0.1) is 3.83 Å². The summed E-state index contributed by atoms with van der Waals surface area (Å²) in [7, 11) is 20.1. The van der Waals surface area contributed by atoms with Gasteiger partial charge in [-0.05, 0) is 0 Å². The van der Waals surface area contributed by atoms with Crippen LogP contribution >= 0.6 is 37.2 Å². The minimum absolute atomic E-state index is 0. The average Bonchev–Trinajstić information content (AvgIpc) is 1.36. The Morgan fingerprint density at radius 1 is 1.00 bits per heavy atom. The van der Waals surface area contributed by atoms with Crippen molar-refractivity contribution in [3.05, 3.63) is 0 Å². The maximum atomic E-state index is 5.75. The first kappa shape index (κ1) is 22.5. The van der Waals surface area contributed by atoms with Gasteiger partial charge in [-0.25, -0.2) is 0 Å². The number of halogens is 4. The van der Waals surface area contributed by atoms with Gasteiger partial charge in [-0.1, -0.05) is 7.43 Å². The number of nitrogens with one attached hydrogen (secondary N) is 1. The molecule has 4 N–H and O–H groups in total. The normalized spacial score (nSPS) is 7.00. The third kappa shape index (κ3) is 131. The summed E-state index contributed by atoms with van der Waals surface area (Å²) >= 11 is -1.86. The summed E-state index contributed by atoms with van der Waals surface area (Å²) in [6.45, 7) is 0. The Labute approximate surface area is 86.1 Å². The molecular weight excluding hydrogens is 278 g/mol. The zero-order valence-electron chi connectivity index (χ0n) is 3.72. The van der Waals surface area contributed by atoms with Crippen LogP contribution in [0.1, 0.15) is 7.43 Å². The van der Waals surface area contributed by atoms with Crippen molar-refractivity contribution in [1.82, 2.24) is 6.15 Å². The summed E-state index contributed by atoms with van der Waals surface area (Å²) in [4.78, 5) is 0. The van der Waals surface area contributed by atoms with E-state index < -0.39 is 12.3 Å². The molecule has 0 unspecified atom stereocenters. The Kier molecular flexibility index (Phi) is 32.4. The summed E-state index contributed by atoms with van der Waals surface area (Å²) in [6, 6.07) is 0. The molecule has 0 aromatic rings. The molecule has 0 fully saturated rings. The van der Waals surface area contributed by atoms with Crippen LogP contribution in [0.4, 0.5) is 0 Å². The fourth-order valence-corrected chi connectivity index (χ4v) is 0. The van der Waals surface area contributed by atoms with Crippen LogP contribution in [0.25, 0.3) is 0 Å². The first-order valence-corrected chi connectivity index (χ1v) is 10.4. The molecule has 0 saturated carbocycles. The average molecular weight is 286 g/mol. The summed E-state index contributed by atoms with van der Waals surface area (Å²) in [5.74, 6) is 0. The molecule has 58 valence electrons. The van der Waals surface area contributed by atoms with Crippen molar-refractivity contribution in [3.8, 4) is 0 Å².